The number of nitrogens with two attached hydrogens (primary N) is 1. The van der Waals surface area contributed by atoms with Crippen molar-refractivity contribution in [3.63, 3.8) is 0 Å². The fraction of sp³-hybridized carbons (Fsp3) is 0.250. The van der Waals surface area contributed by atoms with E-state index in [1.165, 1.54) is 10.5 Å². The molecule has 0 saturated carbocycles. The number of benzene rings is 2. The topological polar surface area (TPSA) is 26.0 Å². The van der Waals surface area contributed by atoms with Crippen molar-refractivity contribution in [1.29, 1.82) is 0 Å². The van der Waals surface area contributed by atoms with E-state index in [0.29, 0.717) is 10.7 Å². The Balaban J connectivity index is 2.20. The van der Waals surface area contributed by atoms with E-state index in [-0.39, 0.29) is 5.41 Å². The van der Waals surface area contributed by atoms with Gasteiger partial charge in [-0.2, -0.15) is 0 Å². The minimum Gasteiger partial charge on any atom is -0.399 e. The Morgan fingerprint density at radius 3 is 2.16 bits per heavy atom. The summed E-state index contributed by atoms with van der Waals surface area (Å²) in [4.78, 5) is 2.21. The Morgan fingerprint density at radius 1 is 1.00 bits per heavy atom. The number of nitrogen functional groups attached to an aromatic ring is 1. The highest BCUT2D eigenvalue weighted by Gasteiger charge is 2.13. The van der Waals surface area contributed by atoms with E-state index in [1.54, 1.807) is 17.8 Å². The molecule has 0 bridgehead atoms. The average Bonchev–Trinajstić information content (AvgIpc) is 2.32. The van der Waals surface area contributed by atoms with Crippen molar-refractivity contribution in [1.82, 2.24) is 0 Å². The Bertz CT molecular complexity index is 570. The molecule has 0 aliphatic heterocycles. The summed E-state index contributed by atoms with van der Waals surface area (Å²) in [6, 6.07) is 14.2. The van der Waals surface area contributed by atoms with Crippen LogP contribution in [0.3, 0.4) is 0 Å². The normalized spacial score (nSPS) is 11.6. The first-order chi connectivity index (χ1) is 8.86. The van der Waals surface area contributed by atoms with Crippen LogP contribution in [0.2, 0.25) is 5.02 Å². The van der Waals surface area contributed by atoms with Crippen LogP contribution in [0, 0.1) is 0 Å². The third kappa shape index (κ3) is 3.68. The molecule has 0 heterocycles. The molecule has 0 aliphatic rings. The largest absolute Gasteiger partial charge is 0.399 e. The van der Waals surface area contributed by atoms with Gasteiger partial charge < -0.3 is 5.73 Å². The quantitative estimate of drug-likeness (QED) is 0.753. The molecular weight excluding hydrogens is 274 g/mol. The zero-order valence-electron chi connectivity index (χ0n) is 11.4. The Hall–Kier alpha value is -1.12. The molecule has 0 unspecified atom stereocenters. The highest BCUT2D eigenvalue weighted by molar-refractivity contribution is 7.99. The molecule has 2 N–H and O–H groups in total. The summed E-state index contributed by atoms with van der Waals surface area (Å²) in [7, 11) is 0. The van der Waals surface area contributed by atoms with Crippen molar-refractivity contribution in [3.05, 3.63) is 53.1 Å². The van der Waals surface area contributed by atoms with Gasteiger partial charge in [-0.05, 0) is 41.3 Å². The van der Waals surface area contributed by atoms with Gasteiger partial charge in [0.1, 0.15) is 0 Å². The first-order valence-corrected chi connectivity index (χ1v) is 7.39. The molecule has 3 heteroatoms. The van der Waals surface area contributed by atoms with Gasteiger partial charge in [-0.25, -0.2) is 0 Å². The van der Waals surface area contributed by atoms with Gasteiger partial charge in [0.15, 0.2) is 0 Å². The lowest BCUT2D eigenvalue weighted by atomic mass is 9.87. The zero-order chi connectivity index (χ0) is 14.0. The van der Waals surface area contributed by atoms with Gasteiger partial charge in [0.05, 0.1) is 5.02 Å². The SMILES string of the molecule is CC(C)(C)c1ccc(Sc2ccc(N)cc2Cl)cc1. The summed E-state index contributed by atoms with van der Waals surface area (Å²) in [6.45, 7) is 6.64. The van der Waals surface area contributed by atoms with Gasteiger partial charge in [-0.15, -0.1) is 0 Å². The van der Waals surface area contributed by atoms with Crippen LogP contribution in [0.15, 0.2) is 52.3 Å². The van der Waals surface area contributed by atoms with Crippen LogP contribution in [0.1, 0.15) is 26.3 Å². The second-order valence-electron chi connectivity index (χ2n) is 5.57. The molecule has 0 radical (unpaired) electrons. The van der Waals surface area contributed by atoms with Gasteiger partial charge in [0.25, 0.3) is 0 Å². The maximum absolute atomic E-state index is 6.18. The van der Waals surface area contributed by atoms with Crippen LogP contribution in [-0.2, 0) is 5.41 Å². The van der Waals surface area contributed by atoms with Crippen LogP contribution in [0.25, 0.3) is 0 Å². The van der Waals surface area contributed by atoms with E-state index < -0.39 is 0 Å². The van der Waals surface area contributed by atoms with E-state index in [2.05, 4.69) is 45.0 Å². The monoisotopic (exact) mass is 291 g/mol. The first-order valence-electron chi connectivity index (χ1n) is 6.20. The van der Waals surface area contributed by atoms with E-state index in [4.69, 9.17) is 17.3 Å². The van der Waals surface area contributed by atoms with Crippen molar-refractivity contribution >= 4 is 29.1 Å². The fourth-order valence-electron chi connectivity index (χ4n) is 1.75. The highest BCUT2D eigenvalue weighted by Crippen LogP contribution is 2.35. The Kier molecular flexibility index (Phi) is 4.12. The van der Waals surface area contributed by atoms with E-state index in [0.717, 1.165) is 4.90 Å². The van der Waals surface area contributed by atoms with Gasteiger partial charge in [0.2, 0.25) is 0 Å². The second-order valence-corrected chi connectivity index (χ2v) is 7.09. The van der Waals surface area contributed by atoms with Gasteiger partial charge in [0, 0.05) is 15.5 Å². The number of hydrogen-bond donors (Lipinski definition) is 1. The number of halogens is 1. The fourth-order valence-corrected chi connectivity index (χ4v) is 2.87. The maximum atomic E-state index is 6.18. The molecule has 0 saturated heterocycles. The van der Waals surface area contributed by atoms with Crippen LogP contribution in [0.5, 0.6) is 0 Å². The molecule has 0 fully saturated rings. The van der Waals surface area contributed by atoms with Crippen LogP contribution >= 0.6 is 23.4 Å². The lowest BCUT2D eigenvalue weighted by Gasteiger charge is -2.19. The lowest BCUT2D eigenvalue weighted by molar-refractivity contribution is 0.590. The molecule has 1 nitrogen and oxygen atoms in total. The van der Waals surface area contributed by atoms with Crippen molar-refractivity contribution in [2.24, 2.45) is 0 Å². The van der Waals surface area contributed by atoms with Crippen molar-refractivity contribution < 1.29 is 0 Å². The summed E-state index contributed by atoms with van der Waals surface area (Å²) in [5.41, 5.74) is 7.90. The van der Waals surface area contributed by atoms with Gasteiger partial charge >= 0.3 is 0 Å². The van der Waals surface area contributed by atoms with Crippen LogP contribution in [-0.4, -0.2) is 0 Å². The summed E-state index contributed by atoms with van der Waals surface area (Å²) in [5, 5.41) is 0.699. The molecular formula is C16H18ClNS. The molecule has 2 aromatic rings. The molecule has 19 heavy (non-hydrogen) atoms. The summed E-state index contributed by atoms with van der Waals surface area (Å²) in [6.07, 6.45) is 0. The first kappa shape index (κ1) is 14.3. The smallest absolute Gasteiger partial charge is 0.0565 e. The van der Waals surface area contributed by atoms with Gasteiger partial charge in [-0.1, -0.05) is 56.3 Å². The Morgan fingerprint density at radius 2 is 1.63 bits per heavy atom. The zero-order valence-corrected chi connectivity index (χ0v) is 13.0. The van der Waals surface area contributed by atoms with E-state index in [9.17, 15) is 0 Å². The van der Waals surface area contributed by atoms with E-state index >= 15 is 0 Å². The molecule has 100 valence electrons. The van der Waals surface area contributed by atoms with Crippen LogP contribution in [0.4, 0.5) is 5.69 Å². The summed E-state index contributed by atoms with van der Waals surface area (Å²) in [5.74, 6) is 0. The average molecular weight is 292 g/mol. The minimum atomic E-state index is 0.183. The second kappa shape index (κ2) is 5.48. The van der Waals surface area contributed by atoms with Crippen LogP contribution < -0.4 is 5.73 Å². The molecule has 0 aliphatic carbocycles. The van der Waals surface area contributed by atoms with E-state index in [1.807, 2.05) is 12.1 Å². The predicted octanol–water partition coefficient (Wildman–Crippen LogP) is 5.37. The molecule has 2 rings (SSSR count). The molecule has 0 aromatic heterocycles. The van der Waals surface area contributed by atoms with Crippen molar-refractivity contribution in [2.75, 3.05) is 5.73 Å². The number of anilines is 1. The highest BCUT2D eigenvalue weighted by atomic mass is 35.5. The lowest BCUT2D eigenvalue weighted by Crippen LogP contribution is -2.10. The number of hydrogen-bond acceptors (Lipinski definition) is 2. The molecule has 0 atom stereocenters. The Labute approximate surface area is 124 Å². The standard InChI is InChI=1S/C16H18ClNS/c1-16(2,3)11-4-7-13(8-5-11)19-15-9-6-12(18)10-14(15)17/h4-10H,18H2,1-3H3. The summed E-state index contributed by atoms with van der Waals surface area (Å²) >= 11 is 7.84. The third-order valence-electron chi connectivity index (χ3n) is 2.90. The van der Waals surface area contributed by atoms with Crippen molar-refractivity contribution in [3.8, 4) is 0 Å². The molecule has 0 amide bonds. The molecule has 0 spiro atoms. The third-order valence-corrected chi connectivity index (χ3v) is 4.41. The number of rotatable bonds is 2. The maximum Gasteiger partial charge on any atom is 0.0565 e. The predicted molar refractivity (Wildman–Crippen MR) is 85.1 cm³/mol. The minimum absolute atomic E-state index is 0.183. The molecule has 2 aromatic carbocycles. The summed E-state index contributed by atoms with van der Waals surface area (Å²) < 4.78 is 0. The van der Waals surface area contributed by atoms with Gasteiger partial charge in [-0.3, -0.25) is 0 Å². The van der Waals surface area contributed by atoms with Crippen molar-refractivity contribution in [2.45, 2.75) is 36.0 Å².